The van der Waals surface area contributed by atoms with Crippen molar-refractivity contribution in [3.63, 3.8) is 0 Å². The lowest BCUT2D eigenvalue weighted by molar-refractivity contribution is -0.384. The highest BCUT2D eigenvalue weighted by atomic mass is 35.5. The topological polar surface area (TPSA) is 110 Å². The van der Waals surface area contributed by atoms with Crippen molar-refractivity contribution in [3.8, 4) is 0 Å². The molecule has 0 saturated heterocycles. The fourth-order valence-corrected chi connectivity index (χ4v) is 3.35. The Balaban J connectivity index is 1.93. The highest BCUT2D eigenvalue weighted by Crippen LogP contribution is 2.44. The van der Waals surface area contributed by atoms with Gasteiger partial charge in [0.05, 0.1) is 22.1 Å². The van der Waals surface area contributed by atoms with E-state index in [1.54, 1.807) is 0 Å². The van der Waals surface area contributed by atoms with E-state index in [0.29, 0.717) is 0 Å². The Kier molecular flexibility index (Phi) is 4.24. The zero-order valence-electron chi connectivity index (χ0n) is 12.5. The molecule has 128 valence electrons. The number of carbonyl (C=O) groups is 2. The number of nitro benzene ring substituents is 1. The molecule has 1 atom stereocenters. The highest BCUT2D eigenvalue weighted by Gasteiger charge is 2.48. The van der Waals surface area contributed by atoms with Gasteiger partial charge in [0.15, 0.2) is 11.4 Å². The zero-order chi connectivity index (χ0) is 18.4. The van der Waals surface area contributed by atoms with E-state index in [4.69, 9.17) is 23.2 Å². The molecule has 9 heteroatoms. The van der Waals surface area contributed by atoms with Gasteiger partial charge in [-0.3, -0.25) is 19.7 Å². The number of carbonyl (C=O) groups excluding carboxylic acids is 2. The van der Waals surface area contributed by atoms with Crippen molar-refractivity contribution in [2.45, 2.75) is 12.0 Å². The lowest BCUT2D eigenvalue weighted by Gasteiger charge is -2.21. The highest BCUT2D eigenvalue weighted by molar-refractivity contribution is 6.36. The maximum absolute atomic E-state index is 12.4. The Hall–Kier alpha value is -2.48. The second-order valence-corrected chi connectivity index (χ2v) is 6.37. The summed E-state index contributed by atoms with van der Waals surface area (Å²) in [6.07, 6.45) is -0.564. The molecule has 0 fully saturated rings. The summed E-state index contributed by atoms with van der Waals surface area (Å²) in [6.45, 7) is 0. The summed E-state index contributed by atoms with van der Waals surface area (Å²) in [7, 11) is 0. The number of nitro groups is 1. The van der Waals surface area contributed by atoms with Crippen LogP contribution in [-0.4, -0.2) is 21.7 Å². The van der Waals surface area contributed by atoms with Gasteiger partial charge in [-0.05, 0) is 24.3 Å². The smallest absolute Gasteiger partial charge is 0.269 e. The monoisotopic (exact) mass is 380 g/mol. The van der Waals surface area contributed by atoms with Crippen molar-refractivity contribution in [2.75, 3.05) is 5.32 Å². The van der Waals surface area contributed by atoms with Gasteiger partial charge in [-0.1, -0.05) is 23.2 Å². The fraction of sp³-hybridized carbons (Fsp3) is 0.125. The number of fused-ring (bicyclic) bond motifs is 1. The van der Waals surface area contributed by atoms with E-state index in [9.17, 15) is 24.8 Å². The van der Waals surface area contributed by atoms with Gasteiger partial charge in [-0.25, -0.2) is 0 Å². The van der Waals surface area contributed by atoms with Crippen molar-refractivity contribution in [1.29, 1.82) is 0 Å². The molecule has 0 spiro atoms. The first-order valence-corrected chi connectivity index (χ1v) is 7.79. The summed E-state index contributed by atoms with van der Waals surface area (Å²) in [5.41, 5.74) is -1.86. The van der Waals surface area contributed by atoms with E-state index in [0.717, 1.165) is 0 Å². The van der Waals surface area contributed by atoms with Crippen molar-refractivity contribution >= 4 is 46.3 Å². The first-order valence-electron chi connectivity index (χ1n) is 7.03. The largest absolute Gasteiger partial charge is 0.375 e. The number of benzene rings is 2. The number of nitrogens with zero attached hydrogens (tertiary/aromatic N) is 1. The van der Waals surface area contributed by atoms with Crippen LogP contribution in [0.3, 0.4) is 0 Å². The average molecular weight is 381 g/mol. The Morgan fingerprint density at radius 1 is 1.24 bits per heavy atom. The number of non-ortho nitro benzene ring substituents is 1. The van der Waals surface area contributed by atoms with Crippen molar-refractivity contribution < 1.29 is 19.6 Å². The van der Waals surface area contributed by atoms with Crippen LogP contribution >= 0.6 is 23.2 Å². The number of hydrogen-bond acceptors (Lipinski definition) is 5. The number of amides is 1. The molecular weight excluding hydrogens is 371 g/mol. The number of anilines is 1. The molecule has 0 aromatic heterocycles. The van der Waals surface area contributed by atoms with Gasteiger partial charge < -0.3 is 10.4 Å². The third kappa shape index (κ3) is 2.97. The predicted molar refractivity (Wildman–Crippen MR) is 91.0 cm³/mol. The van der Waals surface area contributed by atoms with Gasteiger partial charge in [-0.15, -0.1) is 0 Å². The molecule has 0 radical (unpaired) electrons. The Morgan fingerprint density at radius 2 is 1.88 bits per heavy atom. The quantitative estimate of drug-likeness (QED) is 0.480. The first-order chi connectivity index (χ1) is 11.7. The van der Waals surface area contributed by atoms with Gasteiger partial charge in [0.25, 0.3) is 11.6 Å². The summed E-state index contributed by atoms with van der Waals surface area (Å²) in [6, 6.07) is 7.67. The molecule has 1 amide bonds. The number of ketones is 1. The molecule has 3 rings (SSSR count). The van der Waals surface area contributed by atoms with Gasteiger partial charge in [0, 0.05) is 28.3 Å². The van der Waals surface area contributed by atoms with E-state index in [2.05, 4.69) is 5.32 Å². The minimum absolute atomic E-state index is 0.0554. The number of hydrogen-bond donors (Lipinski definition) is 2. The van der Waals surface area contributed by atoms with Crippen LogP contribution < -0.4 is 5.32 Å². The van der Waals surface area contributed by atoms with E-state index in [-0.39, 0.29) is 32.5 Å². The number of halogens is 2. The second-order valence-electron chi connectivity index (χ2n) is 5.53. The van der Waals surface area contributed by atoms with E-state index in [1.807, 2.05) is 0 Å². The molecule has 2 aromatic rings. The minimum atomic E-state index is -2.14. The van der Waals surface area contributed by atoms with Gasteiger partial charge in [0.2, 0.25) is 0 Å². The number of rotatable bonds is 4. The number of nitrogens with one attached hydrogen (secondary N) is 1. The summed E-state index contributed by atoms with van der Waals surface area (Å²) < 4.78 is 0. The average Bonchev–Trinajstić information content (AvgIpc) is 2.77. The molecular formula is C16H10Cl2N2O5. The maximum Gasteiger partial charge on any atom is 0.269 e. The Morgan fingerprint density at radius 3 is 2.48 bits per heavy atom. The number of aliphatic hydroxyl groups is 1. The standard InChI is InChI=1S/C16H10Cl2N2O5/c17-9-5-11(18)14-12(6-9)19-15(22)16(14,23)7-13(21)8-1-3-10(4-2-8)20(24)25/h1-6,23H,7H2,(H,19,22). The minimum Gasteiger partial charge on any atom is -0.375 e. The van der Waals surface area contributed by atoms with Crippen LogP contribution in [0.4, 0.5) is 11.4 Å². The normalized spacial score (nSPS) is 18.6. The van der Waals surface area contributed by atoms with Gasteiger partial charge in [0.1, 0.15) is 0 Å². The van der Waals surface area contributed by atoms with E-state index in [1.165, 1.54) is 36.4 Å². The summed E-state index contributed by atoms with van der Waals surface area (Å²) in [5.74, 6) is -1.35. The van der Waals surface area contributed by atoms with Crippen molar-refractivity contribution in [2.24, 2.45) is 0 Å². The summed E-state index contributed by atoms with van der Waals surface area (Å²) >= 11 is 12.0. The van der Waals surface area contributed by atoms with Crippen molar-refractivity contribution in [1.82, 2.24) is 0 Å². The first kappa shape index (κ1) is 17.3. The lowest BCUT2D eigenvalue weighted by Crippen LogP contribution is -2.36. The van der Waals surface area contributed by atoms with Crippen LogP contribution in [0.15, 0.2) is 36.4 Å². The Bertz CT molecular complexity index is 913. The Labute approximate surface area is 151 Å². The molecule has 25 heavy (non-hydrogen) atoms. The molecule has 0 saturated carbocycles. The fourth-order valence-electron chi connectivity index (χ4n) is 2.70. The lowest BCUT2D eigenvalue weighted by atomic mass is 9.88. The molecule has 1 unspecified atom stereocenters. The van der Waals surface area contributed by atoms with Crippen LogP contribution in [0.2, 0.25) is 10.0 Å². The zero-order valence-corrected chi connectivity index (χ0v) is 14.0. The van der Waals surface area contributed by atoms with Gasteiger partial charge in [-0.2, -0.15) is 0 Å². The van der Waals surface area contributed by atoms with Crippen LogP contribution in [0.25, 0.3) is 0 Å². The molecule has 1 aliphatic rings. The van der Waals surface area contributed by atoms with Crippen LogP contribution in [-0.2, 0) is 10.4 Å². The van der Waals surface area contributed by atoms with E-state index >= 15 is 0 Å². The second kappa shape index (κ2) is 6.11. The molecule has 1 aliphatic heterocycles. The molecule has 7 nitrogen and oxygen atoms in total. The molecule has 0 aliphatic carbocycles. The van der Waals surface area contributed by atoms with Crippen LogP contribution in [0, 0.1) is 10.1 Å². The van der Waals surface area contributed by atoms with Crippen LogP contribution in [0.1, 0.15) is 22.3 Å². The third-order valence-corrected chi connectivity index (χ3v) is 4.43. The number of Topliss-reactive ketones (excluding diaryl/α,β-unsaturated/α-hetero) is 1. The predicted octanol–water partition coefficient (Wildman–Crippen LogP) is 3.31. The molecule has 2 N–H and O–H groups in total. The van der Waals surface area contributed by atoms with Crippen LogP contribution in [0.5, 0.6) is 0 Å². The molecule has 1 heterocycles. The van der Waals surface area contributed by atoms with E-state index < -0.39 is 28.6 Å². The van der Waals surface area contributed by atoms with Crippen molar-refractivity contribution in [3.05, 3.63) is 67.7 Å². The third-order valence-electron chi connectivity index (χ3n) is 3.91. The maximum atomic E-state index is 12.4. The van der Waals surface area contributed by atoms with Gasteiger partial charge >= 0.3 is 0 Å². The summed E-state index contributed by atoms with van der Waals surface area (Å²) in [5, 5.41) is 24.2. The molecule has 2 aromatic carbocycles. The SMILES string of the molecule is O=C(CC1(O)C(=O)Nc2cc(Cl)cc(Cl)c21)c1ccc([N+](=O)[O-])cc1. The molecule has 0 bridgehead atoms. The summed E-state index contributed by atoms with van der Waals surface area (Å²) in [4.78, 5) is 34.7.